The zero-order valence-electron chi connectivity index (χ0n) is 17.1. The van der Waals surface area contributed by atoms with Crippen molar-refractivity contribution < 1.29 is 9.47 Å². The van der Waals surface area contributed by atoms with E-state index in [0.717, 1.165) is 73.0 Å². The Kier molecular flexibility index (Phi) is 7.05. The third-order valence-electron chi connectivity index (χ3n) is 5.33. The van der Waals surface area contributed by atoms with Crippen LogP contribution in [0.25, 0.3) is 0 Å². The number of nitrogens with zero attached hydrogens (tertiary/aromatic N) is 2. The number of aliphatic imine (C=N–C) groups is 1. The van der Waals surface area contributed by atoms with Gasteiger partial charge in [-0.25, -0.2) is 0 Å². The summed E-state index contributed by atoms with van der Waals surface area (Å²) in [6.07, 6.45) is 0.981. The molecule has 0 atom stereocenters. The van der Waals surface area contributed by atoms with Crippen LogP contribution in [0.3, 0.4) is 0 Å². The highest BCUT2D eigenvalue weighted by Crippen LogP contribution is 2.28. The van der Waals surface area contributed by atoms with E-state index in [4.69, 9.17) is 38.3 Å². The van der Waals surface area contributed by atoms with Crippen molar-refractivity contribution in [1.29, 1.82) is 0 Å². The van der Waals surface area contributed by atoms with Gasteiger partial charge in [-0.05, 0) is 17.9 Å². The van der Waals surface area contributed by atoms with Gasteiger partial charge < -0.3 is 14.8 Å². The molecule has 0 spiro atoms. The first kappa shape index (κ1) is 21.3. The minimum Gasteiger partial charge on any atom is -0.494 e. The quantitative estimate of drug-likeness (QED) is 0.423. The van der Waals surface area contributed by atoms with Crippen molar-refractivity contribution in [2.75, 3.05) is 51.3 Å². The van der Waals surface area contributed by atoms with E-state index < -0.39 is 0 Å². The maximum atomic E-state index is 6.46. The summed E-state index contributed by atoms with van der Waals surface area (Å²) in [7, 11) is 2.06. The van der Waals surface area contributed by atoms with Crippen LogP contribution in [0.4, 0.5) is 5.69 Å². The van der Waals surface area contributed by atoms with Crippen molar-refractivity contribution in [2.45, 2.75) is 6.42 Å². The number of thiocarbonyl (C=S) groups is 1. The van der Waals surface area contributed by atoms with Crippen molar-refractivity contribution in [3.63, 3.8) is 0 Å². The molecule has 2 aliphatic rings. The fraction of sp³-hybridized carbons (Fsp3) is 0.364. The number of nitrogens with one attached hydrogen (secondary N) is 1. The average molecular weight is 442 g/mol. The molecule has 0 aromatic heterocycles. The number of anilines is 1. The summed E-state index contributed by atoms with van der Waals surface area (Å²) in [5.41, 5.74) is 4.72. The molecule has 2 aromatic carbocycles. The lowest BCUT2D eigenvalue weighted by molar-refractivity contribution is 0.0358. The maximum absolute atomic E-state index is 6.46. The summed E-state index contributed by atoms with van der Waals surface area (Å²) in [6, 6.07) is 11.9. The van der Waals surface area contributed by atoms with Gasteiger partial charge >= 0.3 is 0 Å². The van der Waals surface area contributed by atoms with E-state index in [1.807, 2.05) is 30.3 Å². The Morgan fingerprint density at radius 1 is 1.20 bits per heavy atom. The van der Waals surface area contributed by atoms with Crippen molar-refractivity contribution in [3.8, 4) is 5.75 Å². The Hall–Kier alpha value is -1.93. The summed E-state index contributed by atoms with van der Waals surface area (Å²) in [5.74, 6) is 0.867. The molecule has 1 N–H and O–H groups in total. The van der Waals surface area contributed by atoms with Crippen molar-refractivity contribution in [2.24, 2.45) is 4.99 Å². The number of rotatable bonds is 6. The van der Waals surface area contributed by atoms with Crippen LogP contribution in [-0.4, -0.2) is 69.4 Å². The van der Waals surface area contributed by atoms with Gasteiger partial charge in [0.2, 0.25) is 0 Å². The summed E-state index contributed by atoms with van der Waals surface area (Å²) >= 11 is 11.9. The molecule has 0 bridgehead atoms. The topological polar surface area (TPSA) is 46.1 Å². The van der Waals surface area contributed by atoms with E-state index in [0.29, 0.717) is 23.2 Å². The fourth-order valence-corrected chi connectivity index (χ4v) is 4.15. The second-order valence-corrected chi connectivity index (χ2v) is 8.41. The molecule has 0 saturated carbocycles. The molecule has 0 amide bonds. The molecule has 156 valence electrons. The van der Waals surface area contributed by atoms with Crippen molar-refractivity contribution in [3.05, 3.63) is 52.5 Å². The lowest BCUT2D eigenvalue weighted by Crippen LogP contribution is -2.37. The van der Waals surface area contributed by atoms with E-state index in [1.165, 1.54) is 0 Å². The highest BCUT2D eigenvalue weighted by molar-refractivity contribution is 7.80. The van der Waals surface area contributed by atoms with Gasteiger partial charge in [-0.1, -0.05) is 48.1 Å². The van der Waals surface area contributed by atoms with Crippen LogP contribution in [0, 0.1) is 0 Å². The zero-order valence-corrected chi connectivity index (χ0v) is 18.7. The summed E-state index contributed by atoms with van der Waals surface area (Å²) in [5, 5.41) is 4.00. The molecule has 2 aliphatic heterocycles. The molecule has 0 aliphatic carbocycles. The number of ether oxygens (including phenoxy) is 2. The Bertz CT molecular complexity index is 963. The van der Waals surface area contributed by atoms with Crippen LogP contribution in [-0.2, 0) is 4.74 Å². The largest absolute Gasteiger partial charge is 0.494 e. The standard InChI is InChI=1S/C22H25BClN3O2S/c23-17-12-16-19(13-20(17)29-9-3-6-27-7-10-28-11-8-27)26-21(30)14-25-22(16)15-4-1-2-5-18(15)24/h1-2,4-5,12-13H,3,6-11,14,23H2,(H,26,30). The van der Waals surface area contributed by atoms with Crippen LogP contribution in [0.2, 0.25) is 5.02 Å². The second-order valence-electron chi connectivity index (χ2n) is 7.51. The molecule has 2 aromatic rings. The normalized spacial score (nSPS) is 17.0. The van der Waals surface area contributed by atoms with E-state index in [1.54, 1.807) is 0 Å². The summed E-state index contributed by atoms with van der Waals surface area (Å²) in [4.78, 5) is 7.85. The minimum atomic E-state index is 0.430. The van der Waals surface area contributed by atoms with Gasteiger partial charge in [0.15, 0.2) is 0 Å². The number of halogens is 1. The zero-order chi connectivity index (χ0) is 20.9. The highest BCUT2D eigenvalue weighted by atomic mass is 35.5. The highest BCUT2D eigenvalue weighted by Gasteiger charge is 2.20. The monoisotopic (exact) mass is 441 g/mol. The fourth-order valence-electron chi connectivity index (χ4n) is 3.75. The molecule has 0 radical (unpaired) electrons. The van der Waals surface area contributed by atoms with Crippen molar-refractivity contribution in [1.82, 2.24) is 4.90 Å². The number of benzodiazepines with no additional fused rings is 1. The van der Waals surface area contributed by atoms with Crippen molar-refractivity contribution >= 4 is 53.5 Å². The van der Waals surface area contributed by atoms with Gasteiger partial charge in [-0.15, -0.1) is 0 Å². The SMILES string of the molecule is Bc1cc2c(cc1OCCCN1CCOCC1)NC(=S)CN=C2c1ccccc1Cl. The third-order valence-corrected chi connectivity index (χ3v) is 5.89. The lowest BCUT2D eigenvalue weighted by Gasteiger charge is -2.26. The Morgan fingerprint density at radius 2 is 2.00 bits per heavy atom. The number of benzene rings is 2. The van der Waals surface area contributed by atoms with Crippen LogP contribution in [0.1, 0.15) is 17.5 Å². The van der Waals surface area contributed by atoms with Gasteiger partial charge in [-0.2, -0.15) is 0 Å². The predicted molar refractivity (Wildman–Crippen MR) is 130 cm³/mol. The van der Waals surface area contributed by atoms with E-state index >= 15 is 0 Å². The molecular formula is C22H25BClN3O2S. The Balaban J connectivity index is 1.52. The molecular weight excluding hydrogens is 417 g/mol. The predicted octanol–water partition coefficient (Wildman–Crippen LogP) is 2.29. The number of fused-ring (bicyclic) bond motifs is 1. The molecule has 4 rings (SSSR count). The third kappa shape index (κ3) is 5.03. The second kappa shape index (κ2) is 9.92. The molecule has 1 saturated heterocycles. The smallest absolute Gasteiger partial charge is 0.144 e. The van der Waals surface area contributed by atoms with Gasteiger partial charge in [0.25, 0.3) is 0 Å². The van der Waals surface area contributed by atoms with Crippen LogP contribution >= 0.6 is 23.8 Å². The molecule has 5 nitrogen and oxygen atoms in total. The number of hydrogen-bond donors (Lipinski definition) is 1. The van der Waals surface area contributed by atoms with Crippen LogP contribution in [0.5, 0.6) is 5.75 Å². The molecule has 8 heteroatoms. The van der Waals surface area contributed by atoms with Gasteiger partial charge in [0, 0.05) is 41.9 Å². The first-order valence-electron chi connectivity index (χ1n) is 10.3. The number of morpholine rings is 1. The molecule has 1 fully saturated rings. The summed E-state index contributed by atoms with van der Waals surface area (Å²) < 4.78 is 11.5. The molecule has 30 heavy (non-hydrogen) atoms. The van der Waals surface area contributed by atoms with E-state index in [2.05, 4.69) is 24.1 Å². The summed E-state index contributed by atoms with van der Waals surface area (Å²) in [6.45, 7) is 5.79. The first-order valence-corrected chi connectivity index (χ1v) is 11.1. The Morgan fingerprint density at radius 3 is 2.80 bits per heavy atom. The maximum Gasteiger partial charge on any atom is 0.144 e. The van der Waals surface area contributed by atoms with Crippen LogP contribution < -0.4 is 15.5 Å². The average Bonchev–Trinajstić information content (AvgIpc) is 2.90. The molecule has 0 unspecified atom stereocenters. The Labute approximate surface area is 188 Å². The molecule has 2 heterocycles. The van der Waals surface area contributed by atoms with Crippen LogP contribution in [0.15, 0.2) is 41.4 Å². The minimum absolute atomic E-state index is 0.430. The van der Waals surface area contributed by atoms with Gasteiger partial charge in [0.1, 0.15) is 18.6 Å². The van der Waals surface area contributed by atoms with E-state index in [-0.39, 0.29) is 0 Å². The number of hydrogen-bond acceptors (Lipinski definition) is 5. The van der Waals surface area contributed by atoms with E-state index in [9.17, 15) is 0 Å². The van der Waals surface area contributed by atoms with Gasteiger partial charge in [-0.3, -0.25) is 9.89 Å². The van der Waals surface area contributed by atoms with Gasteiger partial charge in [0.05, 0.1) is 37.8 Å². The first-order chi connectivity index (χ1) is 14.6. The lowest BCUT2D eigenvalue weighted by atomic mass is 9.89.